The summed E-state index contributed by atoms with van der Waals surface area (Å²) in [6.45, 7) is 0.642. The maximum atomic E-state index is 13.5. The van der Waals surface area contributed by atoms with E-state index in [0.29, 0.717) is 23.2 Å². The van der Waals surface area contributed by atoms with Gasteiger partial charge in [-0.15, -0.1) is 0 Å². The number of hydrogen-bond donors (Lipinski definition) is 0. The Morgan fingerprint density at radius 1 is 0.963 bits per heavy atom. The van der Waals surface area contributed by atoms with Gasteiger partial charge in [0.2, 0.25) is 0 Å². The van der Waals surface area contributed by atoms with Gasteiger partial charge in [-0.25, -0.2) is 0 Å². The van der Waals surface area contributed by atoms with Gasteiger partial charge < -0.3 is 9.14 Å². The number of nitrogens with zero attached hydrogens (tertiary/aromatic N) is 4. The molecule has 142 valence electrons. The standard InChI is InChI=1S/C20H24N4O3/c25-19-15-9-6-11-22(15)16-13-21-24(17-10-4-5-12-27-17)20(26)18(16)23(19)14-7-2-1-3-8-14/h6,9,11,13-14,17H,1-5,7-8,10,12H2. The summed E-state index contributed by atoms with van der Waals surface area (Å²) in [6, 6.07) is 3.73. The van der Waals surface area contributed by atoms with Crippen LogP contribution in [0.4, 0.5) is 0 Å². The first kappa shape index (κ1) is 16.7. The summed E-state index contributed by atoms with van der Waals surface area (Å²) in [7, 11) is 0. The summed E-state index contributed by atoms with van der Waals surface area (Å²) in [5.74, 6) is 0. The van der Waals surface area contributed by atoms with Crippen LogP contribution < -0.4 is 11.1 Å². The van der Waals surface area contributed by atoms with Crippen LogP contribution in [0.2, 0.25) is 0 Å². The fourth-order valence-corrected chi connectivity index (χ4v) is 4.65. The van der Waals surface area contributed by atoms with E-state index >= 15 is 0 Å². The molecule has 0 aromatic carbocycles. The average Bonchev–Trinajstić information content (AvgIpc) is 3.21. The average molecular weight is 368 g/mol. The molecule has 1 saturated heterocycles. The van der Waals surface area contributed by atoms with Crippen molar-refractivity contribution in [1.29, 1.82) is 0 Å². The van der Waals surface area contributed by atoms with Crippen molar-refractivity contribution < 1.29 is 4.74 Å². The van der Waals surface area contributed by atoms with E-state index in [1.165, 1.54) is 11.1 Å². The van der Waals surface area contributed by atoms with Gasteiger partial charge in [-0.1, -0.05) is 19.3 Å². The number of fused-ring (bicyclic) bond motifs is 3. The molecule has 1 aliphatic carbocycles. The molecule has 27 heavy (non-hydrogen) atoms. The molecule has 0 N–H and O–H groups in total. The SMILES string of the molecule is O=c1c2c(cnn1C1CCCCO1)n1cccc1c(=O)n2C1CCCCC1. The van der Waals surface area contributed by atoms with Gasteiger partial charge in [0.15, 0.2) is 6.23 Å². The molecule has 1 aliphatic heterocycles. The Balaban J connectivity index is 1.81. The summed E-state index contributed by atoms with van der Waals surface area (Å²) in [5, 5.41) is 4.42. The smallest absolute Gasteiger partial charge is 0.295 e. The van der Waals surface area contributed by atoms with Gasteiger partial charge in [0, 0.05) is 18.8 Å². The molecule has 1 atom stereocenters. The van der Waals surface area contributed by atoms with Crippen molar-refractivity contribution >= 4 is 16.6 Å². The zero-order valence-corrected chi connectivity index (χ0v) is 15.3. The summed E-state index contributed by atoms with van der Waals surface area (Å²) >= 11 is 0. The number of hydrogen-bond acceptors (Lipinski definition) is 4. The molecule has 1 saturated carbocycles. The van der Waals surface area contributed by atoms with Crippen LogP contribution in [0.15, 0.2) is 34.1 Å². The van der Waals surface area contributed by atoms with Gasteiger partial charge >= 0.3 is 0 Å². The van der Waals surface area contributed by atoms with Crippen molar-refractivity contribution in [3.05, 3.63) is 45.2 Å². The summed E-state index contributed by atoms with van der Waals surface area (Å²) in [5.41, 5.74) is 1.44. The lowest BCUT2D eigenvalue weighted by atomic mass is 9.95. The van der Waals surface area contributed by atoms with Crippen molar-refractivity contribution in [3.63, 3.8) is 0 Å². The van der Waals surface area contributed by atoms with E-state index in [9.17, 15) is 9.59 Å². The third-order valence-corrected chi connectivity index (χ3v) is 6.01. The molecule has 7 heteroatoms. The van der Waals surface area contributed by atoms with E-state index in [2.05, 4.69) is 5.10 Å². The Kier molecular flexibility index (Phi) is 4.11. The second-order valence-corrected chi connectivity index (χ2v) is 7.68. The lowest BCUT2D eigenvalue weighted by Crippen LogP contribution is -2.37. The van der Waals surface area contributed by atoms with Crippen LogP contribution in [0, 0.1) is 0 Å². The minimum atomic E-state index is -0.342. The fourth-order valence-electron chi connectivity index (χ4n) is 4.65. The van der Waals surface area contributed by atoms with E-state index < -0.39 is 0 Å². The van der Waals surface area contributed by atoms with Gasteiger partial charge in [-0.3, -0.25) is 14.2 Å². The minimum absolute atomic E-state index is 0.0736. The number of rotatable bonds is 2. The highest BCUT2D eigenvalue weighted by atomic mass is 16.5. The van der Waals surface area contributed by atoms with E-state index in [1.54, 1.807) is 15.2 Å². The number of ether oxygens (including phenoxy) is 1. The Labute approximate surface area is 156 Å². The maximum Gasteiger partial charge on any atom is 0.295 e. The van der Waals surface area contributed by atoms with Gasteiger partial charge in [0.1, 0.15) is 11.0 Å². The quantitative estimate of drug-likeness (QED) is 0.697. The Morgan fingerprint density at radius 2 is 1.78 bits per heavy atom. The van der Waals surface area contributed by atoms with Crippen molar-refractivity contribution in [2.75, 3.05) is 6.61 Å². The summed E-state index contributed by atoms with van der Waals surface area (Å²) in [4.78, 5) is 26.7. The predicted octanol–water partition coefficient (Wildman–Crippen LogP) is 3.02. The van der Waals surface area contributed by atoms with Crippen LogP contribution in [0.5, 0.6) is 0 Å². The molecule has 0 spiro atoms. The second-order valence-electron chi connectivity index (χ2n) is 7.68. The van der Waals surface area contributed by atoms with Crippen molar-refractivity contribution in [1.82, 2.24) is 18.7 Å². The third-order valence-electron chi connectivity index (χ3n) is 6.01. The van der Waals surface area contributed by atoms with Crippen LogP contribution in [-0.2, 0) is 4.74 Å². The summed E-state index contributed by atoms with van der Waals surface area (Å²) in [6.07, 6.45) is 11.3. The molecule has 3 aromatic heterocycles. The van der Waals surface area contributed by atoms with Gasteiger partial charge in [-0.2, -0.15) is 9.78 Å². The molecule has 4 heterocycles. The van der Waals surface area contributed by atoms with E-state index in [0.717, 1.165) is 44.9 Å². The molecule has 7 nitrogen and oxygen atoms in total. The molecule has 5 rings (SSSR count). The van der Waals surface area contributed by atoms with Crippen LogP contribution in [-0.4, -0.2) is 25.4 Å². The third kappa shape index (κ3) is 2.64. The van der Waals surface area contributed by atoms with E-state index in [1.807, 2.05) is 18.3 Å². The first-order chi connectivity index (χ1) is 13.3. The van der Waals surface area contributed by atoms with Crippen molar-refractivity contribution in [3.8, 4) is 0 Å². The zero-order chi connectivity index (χ0) is 18.4. The lowest BCUT2D eigenvalue weighted by molar-refractivity contribution is -0.0421. The summed E-state index contributed by atoms with van der Waals surface area (Å²) < 4.78 is 10.8. The normalized spacial score (nSPS) is 21.9. The van der Waals surface area contributed by atoms with Crippen LogP contribution >= 0.6 is 0 Å². The van der Waals surface area contributed by atoms with Crippen molar-refractivity contribution in [2.45, 2.75) is 63.6 Å². The minimum Gasteiger partial charge on any atom is -0.356 e. The van der Waals surface area contributed by atoms with E-state index in [4.69, 9.17) is 4.74 Å². The molecule has 2 aliphatic rings. The fraction of sp³-hybridized carbons (Fsp3) is 0.550. The molecule has 0 bridgehead atoms. The Bertz CT molecular complexity index is 1100. The molecular formula is C20H24N4O3. The first-order valence-electron chi connectivity index (χ1n) is 10.0. The molecular weight excluding hydrogens is 344 g/mol. The topological polar surface area (TPSA) is 70.5 Å². The molecule has 1 unspecified atom stereocenters. The highest BCUT2D eigenvalue weighted by Crippen LogP contribution is 2.29. The van der Waals surface area contributed by atoms with Crippen molar-refractivity contribution in [2.24, 2.45) is 0 Å². The lowest BCUT2D eigenvalue weighted by Gasteiger charge is -2.27. The molecule has 3 aromatic rings. The largest absolute Gasteiger partial charge is 0.356 e. The highest BCUT2D eigenvalue weighted by molar-refractivity contribution is 5.77. The van der Waals surface area contributed by atoms with E-state index in [-0.39, 0.29) is 23.4 Å². The Morgan fingerprint density at radius 3 is 2.56 bits per heavy atom. The maximum absolute atomic E-state index is 13.5. The van der Waals surface area contributed by atoms with Crippen LogP contribution in [0.1, 0.15) is 63.6 Å². The molecule has 2 fully saturated rings. The van der Waals surface area contributed by atoms with Gasteiger partial charge in [0.05, 0.1) is 11.7 Å². The van der Waals surface area contributed by atoms with Gasteiger partial charge in [-0.05, 0) is 44.2 Å². The first-order valence-corrected chi connectivity index (χ1v) is 10.0. The van der Waals surface area contributed by atoms with Crippen LogP contribution in [0.3, 0.4) is 0 Å². The predicted molar refractivity (Wildman–Crippen MR) is 102 cm³/mol. The van der Waals surface area contributed by atoms with Gasteiger partial charge in [0.25, 0.3) is 11.1 Å². The zero-order valence-electron chi connectivity index (χ0n) is 15.3. The Hall–Kier alpha value is -2.41. The molecule has 0 amide bonds. The second kappa shape index (κ2) is 6.64. The van der Waals surface area contributed by atoms with Crippen LogP contribution in [0.25, 0.3) is 16.6 Å². The number of aromatic nitrogens is 4. The molecule has 0 radical (unpaired) electrons. The highest BCUT2D eigenvalue weighted by Gasteiger charge is 2.25. The monoisotopic (exact) mass is 368 g/mol.